The molecule has 3 rings (SSSR count). The number of halogens is 1. The van der Waals surface area contributed by atoms with Gasteiger partial charge in [-0.05, 0) is 67.7 Å². The number of rotatable bonds is 3. The molecule has 0 spiro atoms. The van der Waals surface area contributed by atoms with Gasteiger partial charge in [0, 0.05) is 18.3 Å². The molecule has 1 aliphatic rings. The van der Waals surface area contributed by atoms with Gasteiger partial charge in [0.05, 0.1) is 10.7 Å². The van der Waals surface area contributed by atoms with Crippen molar-refractivity contribution in [2.24, 2.45) is 0 Å². The lowest BCUT2D eigenvalue weighted by atomic mass is 9.80. The summed E-state index contributed by atoms with van der Waals surface area (Å²) in [7, 11) is 2.11. The van der Waals surface area contributed by atoms with Crippen LogP contribution in [0.25, 0.3) is 6.08 Å². The van der Waals surface area contributed by atoms with Crippen LogP contribution < -0.4 is 10.2 Å². The molecular weight excluding hydrogens is 370 g/mol. The molecule has 1 atom stereocenters. The van der Waals surface area contributed by atoms with E-state index in [4.69, 9.17) is 11.6 Å². The van der Waals surface area contributed by atoms with E-state index in [9.17, 15) is 10.1 Å². The molecule has 0 aliphatic carbocycles. The number of carbonyl (C=O) groups excluding carboxylic acids is 1. The summed E-state index contributed by atoms with van der Waals surface area (Å²) in [5.41, 5.74) is 3.88. The van der Waals surface area contributed by atoms with Crippen molar-refractivity contribution in [2.45, 2.75) is 38.6 Å². The van der Waals surface area contributed by atoms with Crippen molar-refractivity contribution in [1.29, 1.82) is 5.26 Å². The summed E-state index contributed by atoms with van der Waals surface area (Å²) in [6.45, 7) is 6.70. The van der Waals surface area contributed by atoms with E-state index in [-0.39, 0.29) is 11.1 Å². The van der Waals surface area contributed by atoms with Crippen LogP contribution in [0.5, 0.6) is 0 Å². The number of benzene rings is 2. The van der Waals surface area contributed by atoms with Gasteiger partial charge in [-0.1, -0.05) is 36.7 Å². The summed E-state index contributed by atoms with van der Waals surface area (Å²) in [6, 6.07) is 15.0. The third-order valence-corrected chi connectivity index (χ3v) is 5.79. The zero-order valence-electron chi connectivity index (χ0n) is 16.6. The summed E-state index contributed by atoms with van der Waals surface area (Å²) >= 11 is 6.09. The minimum Gasteiger partial charge on any atom is -0.369 e. The Balaban J connectivity index is 1.90. The molecule has 0 bridgehead atoms. The van der Waals surface area contributed by atoms with E-state index < -0.39 is 5.91 Å². The third kappa shape index (κ3) is 3.90. The Labute approximate surface area is 171 Å². The third-order valence-electron chi connectivity index (χ3n) is 5.46. The van der Waals surface area contributed by atoms with Crippen LogP contribution in [0.4, 0.5) is 11.4 Å². The van der Waals surface area contributed by atoms with Gasteiger partial charge in [0.1, 0.15) is 11.6 Å². The first-order chi connectivity index (χ1) is 13.2. The highest BCUT2D eigenvalue weighted by Crippen LogP contribution is 2.42. The van der Waals surface area contributed by atoms with Crippen LogP contribution in [0, 0.1) is 11.3 Å². The monoisotopic (exact) mass is 393 g/mol. The van der Waals surface area contributed by atoms with Crippen molar-refractivity contribution in [3.63, 3.8) is 0 Å². The first-order valence-corrected chi connectivity index (χ1v) is 9.66. The van der Waals surface area contributed by atoms with Gasteiger partial charge in [-0.2, -0.15) is 5.26 Å². The summed E-state index contributed by atoms with van der Waals surface area (Å²) in [6.07, 6.45) is 2.67. The number of carbonyl (C=O) groups is 1. The van der Waals surface area contributed by atoms with E-state index in [2.05, 4.69) is 50.2 Å². The predicted octanol–water partition coefficient (Wildman–Crippen LogP) is 5.61. The Kier molecular flexibility index (Phi) is 5.49. The highest BCUT2D eigenvalue weighted by molar-refractivity contribution is 6.34. The number of amides is 1. The number of hydrogen-bond donors (Lipinski definition) is 1. The largest absolute Gasteiger partial charge is 0.369 e. The molecule has 0 aromatic heterocycles. The summed E-state index contributed by atoms with van der Waals surface area (Å²) in [5.74, 6) is -0.0725. The fourth-order valence-electron chi connectivity index (χ4n) is 3.75. The second kappa shape index (κ2) is 7.69. The summed E-state index contributed by atoms with van der Waals surface area (Å²) in [4.78, 5) is 14.8. The van der Waals surface area contributed by atoms with E-state index in [1.54, 1.807) is 30.3 Å². The number of nitrogens with zero attached hydrogens (tertiary/aromatic N) is 2. The minimum absolute atomic E-state index is 0.0389. The van der Waals surface area contributed by atoms with Crippen molar-refractivity contribution in [3.8, 4) is 6.07 Å². The van der Waals surface area contributed by atoms with Crippen molar-refractivity contribution in [3.05, 3.63) is 64.2 Å². The minimum atomic E-state index is -0.473. The molecule has 1 amide bonds. The molecule has 2 aromatic rings. The van der Waals surface area contributed by atoms with Crippen LogP contribution in [-0.2, 0) is 4.79 Å². The molecule has 0 fully saturated rings. The number of anilines is 2. The molecule has 0 saturated heterocycles. The summed E-state index contributed by atoms with van der Waals surface area (Å²) in [5, 5.41) is 12.6. The van der Waals surface area contributed by atoms with Crippen LogP contribution >= 0.6 is 11.6 Å². The highest BCUT2D eigenvalue weighted by atomic mass is 35.5. The van der Waals surface area contributed by atoms with Crippen molar-refractivity contribution < 1.29 is 4.79 Å². The van der Waals surface area contributed by atoms with Crippen molar-refractivity contribution >= 4 is 35.0 Å². The molecule has 1 N–H and O–H groups in total. The van der Waals surface area contributed by atoms with Gasteiger partial charge in [-0.15, -0.1) is 0 Å². The number of fused-ring (bicyclic) bond motifs is 1. The Morgan fingerprint density at radius 1 is 1.32 bits per heavy atom. The van der Waals surface area contributed by atoms with E-state index >= 15 is 0 Å². The molecule has 1 aliphatic heterocycles. The average Bonchev–Trinajstić information content (AvgIpc) is 2.65. The molecule has 0 saturated carbocycles. The maximum atomic E-state index is 12.5. The van der Waals surface area contributed by atoms with Gasteiger partial charge >= 0.3 is 0 Å². The summed E-state index contributed by atoms with van der Waals surface area (Å²) < 4.78 is 0. The molecule has 2 aromatic carbocycles. The normalized spacial score (nSPS) is 18.2. The van der Waals surface area contributed by atoms with Crippen LogP contribution in [0.3, 0.4) is 0 Å². The molecule has 144 valence electrons. The van der Waals surface area contributed by atoms with Crippen molar-refractivity contribution in [2.75, 3.05) is 17.3 Å². The highest BCUT2D eigenvalue weighted by Gasteiger charge is 2.33. The standard InChI is InChI=1S/C23H24ClN3O/c1-15-13-23(2,3)27(4)21-10-9-16(12-18(15)21)11-17(14-25)22(28)26-20-8-6-5-7-19(20)24/h5-12,15H,13H2,1-4H3,(H,26,28)/b17-11-/t15-/m1/s1. The first kappa shape index (κ1) is 20.0. The molecule has 0 unspecified atom stereocenters. The Morgan fingerprint density at radius 3 is 2.71 bits per heavy atom. The zero-order valence-corrected chi connectivity index (χ0v) is 17.3. The van der Waals surface area contributed by atoms with Gasteiger partial charge in [-0.3, -0.25) is 4.79 Å². The molecule has 5 heteroatoms. The quantitative estimate of drug-likeness (QED) is 0.544. The molecular formula is C23H24ClN3O. The fourth-order valence-corrected chi connectivity index (χ4v) is 3.94. The van der Waals surface area contributed by atoms with Gasteiger partial charge < -0.3 is 10.2 Å². The molecule has 28 heavy (non-hydrogen) atoms. The molecule has 0 radical (unpaired) electrons. The maximum absolute atomic E-state index is 12.5. The van der Waals surface area contributed by atoms with E-state index in [0.29, 0.717) is 16.6 Å². The zero-order chi connectivity index (χ0) is 20.5. The SMILES string of the molecule is C[C@@H]1CC(C)(C)N(C)c2ccc(/C=C(/C#N)C(=O)Nc3ccccc3Cl)cc21. The van der Waals surface area contributed by atoms with E-state index in [0.717, 1.165) is 12.0 Å². The van der Waals surface area contributed by atoms with Gasteiger partial charge in [0.2, 0.25) is 0 Å². The Hall–Kier alpha value is -2.77. The van der Waals surface area contributed by atoms with Crippen LogP contribution in [0.2, 0.25) is 5.02 Å². The molecule has 1 heterocycles. The van der Waals surface area contributed by atoms with E-state index in [1.807, 2.05) is 12.1 Å². The van der Waals surface area contributed by atoms with E-state index in [1.165, 1.54) is 11.3 Å². The van der Waals surface area contributed by atoms with Gasteiger partial charge in [-0.25, -0.2) is 0 Å². The first-order valence-electron chi connectivity index (χ1n) is 9.28. The van der Waals surface area contributed by atoms with Crippen LogP contribution in [0.15, 0.2) is 48.0 Å². The topological polar surface area (TPSA) is 56.1 Å². The van der Waals surface area contributed by atoms with Crippen molar-refractivity contribution in [1.82, 2.24) is 0 Å². The fraction of sp³-hybridized carbons (Fsp3) is 0.304. The van der Waals surface area contributed by atoms with Gasteiger partial charge in [0.15, 0.2) is 0 Å². The Bertz CT molecular complexity index is 988. The lowest BCUT2D eigenvalue weighted by molar-refractivity contribution is -0.112. The number of nitriles is 1. The lowest BCUT2D eigenvalue weighted by Gasteiger charge is -2.45. The number of nitrogens with one attached hydrogen (secondary N) is 1. The maximum Gasteiger partial charge on any atom is 0.266 e. The van der Waals surface area contributed by atoms with Gasteiger partial charge in [0.25, 0.3) is 5.91 Å². The smallest absolute Gasteiger partial charge is 0.266 e. The Morgan fingerprint density at radius 2 is 2.04 bits per heavy atom. The second-order valence-corrected chi connectivity index (χ2v) is 8.31. The molecule has 4 nitrogen and oxygen atoms in total. The second-order valence-electron chi connectivity index (χ2n) is 7.90. The average molecular weight is 394 g/mol. The number of para-hydroxylation sites is 1. The predicted molar refractivity (Wildman–Crippen MR) is 116 cm³/mol. The lowest BCUT2D eigenvalue weighted by Crippen LogP contribution is -2.45. The number of hydrogen-bond acceptors (Lipinski definition) is 3. The van der Waals surface area contributed by atoms with Crippen LogP contribution in [0.1, 0.15) is 44.2 Å². The van der Waals surface area contributed by atoms with Crippen LogP contribution in [-0.4, -0.2) is 18.5 Å².